The molecule has 9 heteroatoms. The largest absolute Gasteiger partial charge is 0.394 e. The molecule has 1 saturated heterocycles. The highest BCUT2D eigenvalue weighted by Gasteiger charge is 2.44. The molecule has 0 aromatic carbocycles. The molecule has 0 aromatic rings. The van der Waals surface area contributed by atoms with Gasteiger partial charge in [0, 0.05) is 6.42 Å². The lowest BCUT2D eigenvalue weighted by Gasteiger charge is -2.40. The molecule has 0 saturated carbocycles. The van der Waals surface area contributed by atoms with Crippen molar-refractivity contribution in [2.24, 2.45) is 0 Å². The Kier molecular flexibility index (Phi) is 63.7. The predicted molar refractivity (Wildman–Crippen MR) is 378 cm³/mol. The maximum absolute atomic E-state index is 13.2. The number of aliphatic hydroxyl groups is 5. The zero-order valence-electron chi connectivity index (χ0n) is 57.5. The van der Waals surface area contributed by atoms with E-state index in [1.165, 1.54) is 257 Å². The van der Waals surface area contributed by atoms with Crippen molar-refractivity contribution in [2.75, 3.05) is 13.2 Å². The van der Waals surface area contributed by atoms with Crippen LogP contribution >= 0.6 is 0 Å². The number of allylic oxidation sites excluding steroid dienone is 13. The molecule has 7 unspecified atom stereocenters. The number of amides is 1. The van der Waals surface area contributed by atoms with E-state index in [1.54, 1.807) is 6.08 Å². The van der Waals surface area contributed by atoms with Gasteiger partial charge in [0.25, 0.3) is 0 Å². The predicted octanol–water partition coefficient (Wildman–Crippen LogP) is 21.3. The number of aliphatic hydroxyl groups excluding tert-OH is 5. The van der Waals surface area contributed by atoms with Crippen molar-refractivity contribution >= 4 is 5.91 Å². The Balaban J connectivity index is 2.11. The summed E-state index contributed by atoms with van der Waals surface area (Å²) in [5, 5.41) is 54.9. The fraction of sp³-hybridized carbons (Fsp3) is 0.810. The van der Waals surface area contributed by atoms with Crippen LogP contribution in [0.4, 0.5) is 0 Å². The first-order chi connectivity index (χ1) is 43.3. The first-order valence-electron chi connectivity index (χ1n) is 37.8. The first kappa shape index (κ1) is 83.4. The molecule has 6 N–H and O–H groups in total. The van der Waals surface area contributed by atoms with Crippen LogP contribution in [0.1, 0.15) is 354 Å². The van der Waals surface area contributed by atoms with Crippen LogP contribution in [-0.2, 0) is 14.3 Å². The molecular formula is C79H143NO8. The van der Waals surface area contributed by atoms with Gasteiger partial charge in [0.1, 0.15) is 24.4 Å². The molecule has 7 atom stereocenters. The minimum Gasteiger partial charge on any atom is -0.394 e. The van der Waals surface area contributed by atoms with Gasteiger partial charge in [-0.25, -0.2) is 0 Å². The van der Waals surface area contributed by atoms with Crippen molar-refractivity contribution in [1.82, 2.24) is 5.32 Å². The summed E-state index contributed by atoms with van der Waals surface area (Å²) in [5.74, 6) is -0.175. The zero-order chi connectivity index (χ0) is 63.5. The fourth-order valence-corrected chi connectivity index (χ4v) is 11.9. The third-order valence-electron chi connectivity index (χ3n) is 17.7. The molecule has 1 aliphatic rings. The average Bonchev–Trinajstić information content (AvgIpc) is 3.65. The Hall–Kier alpha value is -2.63. The molecule has 1 rings (SSSR count). The number of nitrogens with one attached hydrogen (secondary N) is 1. The smallest absolute Gasteiger partial charge is 0.220 e. The van der Waals surface area contributed by atoms with E-state index in [4.69, 9.17) is 9.47 Å². The van der Waals surface area contributed by atoms with Crippen LogP contribution in [0.25, 0.3) is 0 Å². The maximum atomic E-state index is 13.2. The number of ether oxygens (including phenoxy) is 2. The standard InChI is InChI=1S/C79H143NO8/c1-3-5-7-9-11-13-15-17-19-21-23-25-27-29-31-33-35-37-39-41-43-45-47-49-51-53-55-57-59-61-63-65-67-69-75(83)80-72(71-87-79-78(86)77(85)76(84)74(70-81)88-79)73(82)68-66-64-62-60-58-56-54-52-50-48-46-44-42-40-38-36-34-32-30-28-26-24-22-20-18-16-14-12-10-8-6-4-2/h5,7,11,13,17,19,23,25,29,31,35,37,66,68,72-74,76-79,81-82,84-86H,3-4,6,8-10,12,14-16,18,20-22,24,26-28,30,32-34,36,38-65,67,69-71H2,1-2H3,(H,80,83)/b7-5-,13-11-,19-17-,25-23-,31-29-,37-35-,68-66+. The number of hydrogen-bond acceptors (Lipinski definition) is 8. The lowest BCUT2D eigenvalue weighted by molar-refractivity contribution is -0.302. The Labute approximate surface area is 543 Å². The highest BCUT2D eigenvalue weighted by Crippen LogP contribution is 2.24. The van der Waals surface area contributed by atoms with Gasteiger partial charge >= 0.3 is 0 Å². The Morgan fingerprint density at radius 3 is 1.05 bits per heavy atom. The third kappa shape index (κ3) is 55.0. The van der Waals surface area contributed by atoms with E-state index in [2.05, 4.69) is 92.1 Å². The van der Waals surface area contributed by atoms with Crippen molar-refractivity contribution < 1.29 is 39.8 Å². The van der Waals surface area contributed by atoms with Crippen LogP contribution < -0.4 is 5.32 Å². The molecule has 9 nitrogen and oxygen atoms in total. The highest BCUT2D eigenvalue weighted by atomic mass is 16.7. The number of rotatable bonds is 66. The van der Waals surface area contributed by atoms with Crippen LogP contribution in [0.15, 0.2) is 85.1 Å². The number of unbranched alkanes of at least 4 members (excludes halogenated alkanes) is 44. The first-order valence-corrected chi connectivity index (χ1v) is 37.8. The van der Waals surface area contributed by atoms with Gasteiger partial charge in [-0.05, 0) is 70.6 Å². The molecule has 1 amide bonds. The van der Waals surface area contributed by atoms with Crippen LogP contribution in [-0.4, -0.2) is 87.5 Å². The minimum absolute atomic E-state index is 0.175. The summed E-state index contributed by atoms with van der Waals surface area (Å²) in [4.78, 5) is 13.2. The van der Waals surface area contributed by atoms with Crippen molar-refractivity contribution in [3.05, 3.63) is 85.1 Å². The van der Waals surface area contributed by atoms with Crippen molar-refractivity contribution in [3.63, 3.8) is 0 Å². The molecular weight excluding hydrogens is 1090 g/mol. The highest BCUT2D eigenvalue weighted by molar-refractivity contribution is 5.76. The molecule has 0 spiro atoms. The average molecular weight is 1240 g/mol. The second-order valence-corrected chi connectivity index (χ2v) is 26.1. The fourth-order valence-electron chi connectivity index (χ4n) is 11.9. The van der Waals surface area contributed by atoms with Gasteiger partial charge < -0.3 is 40.3 Å². The normalized spacial score (nSPS) is 18.4. The molecule has 0 radical (unpaired) electrons. The van der Waals surface area contributed by atoms with Crippen molar-refractivity contribution in [1.29, 1.82) is 0 Å². The second-order valence-electron chi connectivity index (χ2n) is 26.1. The van der Waals surface area contributed by atoms with Gasteiger partial charge in [0.05, 0.1) is 25.4 Å². The molecule has 1 heterocycles. The minimum atomic E-state index is -1.57. The number of carbonyl (C=O) groups is 1. The third-order valence-corrected chi connectivity index (χ3v) is 17.7. The van der Waals surface area contributed by atoms with Crippen LogP contribution in [0, 0.1) is 0 Å². The topological polar surface area (TPSA) is 149 Å². The van der Waals surface area contributed by atoms with Crippen molar-refractivity contribution in [2.45, 2.75) is 397 Å². The maximum Gasteiger partial charge on any atom is 0.220 e. The van der Waals surface area contributed by atoms with Crippen LogP contribution in [0.5, 0.6) is 0 Å². The summed E-state index contributed by atoms with van der Waals surface area (Å²) >= 11 is 0. The summed E-state index contributed by atoms with van der Waals surface area (Å²) in [5.41, 5.74) is 0. The van der Waals surface area contributed by atoms with Gasteiger partial charge in [-0.2, -0.15) is 0 Å². The monoisotopic (exact) mass is 1230 g/mol. The molecule has 1 aliphatic heterocycles. The SMILES string of the molecule is CC/C=C\C/C=C\C/C=C\C/C=C\C/C=C\C/C=C\CCCCCCCCCCCCCCCCC(=O)NC(COC1OC(CO)C(O)C(O)C1O)C(O)/C=C/CCCCCCCCCCCCCCCCCCCCCCCCCCCCCCCC. The second kappa shape index (κ2) is 67.3. The van der Waals surface area contributed by atoms with Gasteiger partial charge in [-0.3, -0.25) is 4.79 Å². The summed E-state index contributed by atoms with van der Waals surface area (Å²) in [6.07, 6.45) is 89.9. The summed E-state index contributed by atoms with van der Waals surface area (Å²) in [6.45, 7) is 3.71. The van der Waals surface area contributed by atoms with E-state index in [9.17, 15) is 30.3 Å². The van der Waals surface area contributed by atoms with Crippen LogP contribution in [0.2, 0.25) is 0 Å². The van der Waals surface area contributed by atoms with Gasteiger partial charge in [-0.1, -0.05) is 362 Å². The zero-order valence-corrected chi connectivity index (χ0v) is 57.5. The Bertz CT molecular complexity index is 1670. The van der Waals surface area contributed by atoms with E-state index < -0.39 is 49.5 Å². The van der Waals surface area contributed by atoms with Gasteiger partial charge in [0.15, 0.2) is 6.29 Å². The van der Waals surface area contributed by atoms with E-state index in [0.29, 0.717) is 6.42 Å². The van der Waals surface area contributed by atoms with E-state index in [-0.39, 0.29) is 12.5 Å². The summed E-state index contributed by atoms with van der Waals surface area (Å²) < 4.78 is 11.3. The van der Waals surface area contributed by atoms with E-state index in [0.717, 1.165) is 77.0 Å². The van der Waals surface area contributed by atoms with E-state index >= 15 is 0 Å². The lowest BCUT2D eigenvalue weighted by atomic mass is 9.99. The molecule has 0 bridgehead atoms. The van der Waals surface area contributed by atoms with Gasteiger partial charge in [-0.15, -0.1) is 0 Å². The molecule has 512 valence electrons. The molecule has 88 heavy (non-hydrogen) atoms. The summed E-state index contributed by atoms with van der Waals surface area (Å²) in [6, 6.07) is -0.812. The Morgan fingerprint density at radius 2 is 0.705 bits per heavy atom. The summed E-state index contributed by atoms with van der Waals surface area (Å²) in [7, 11) is 0. The van der Waals surface area contributed by atoms with E-state index in [1.807, 2.05) is 6.08 Å². The Morgan fingerprint density at radius 1 is 0.398 bits per heavy atom. The van der Waals surface area contributed by atoms with Gasteiger partial charge in [0.2, 0.25) is 5.91 Å². The quantitative estimate of drug-likeness (QED) is 0.0261. The molecule has 0 aromatic heterocycles. The number of carbonyl (C=O) groups excluding carboxylic acids is 1. The van der Waals surface area contributed by atoms with Crippen LogP contribution in [0.3, 0.4) is 0 Å². The number of hydrogen-bond donors (Lipinski definition) is 6. The van der Waals surface area contributed by atoms with Crippen molar-refractivity contribution in [3.8, 4) is 0 Å². The molecule has 0 aliphatic carbocycles. The molecule has 1 fully saturated rings. The lowest BCUT2D eigenvalue weighted by Crippen LogP contribution is -2.60.